The van der Waals surface area contributed by atoms with Crippen molar-refractivity contribution in [2.24, 2.45) is 0 Å². The zero-order valence-electron chi connectivity index (χ0n) is 14.9. The molecule has 1 unspecified atom stereocenters. The first-order chi connectivity index (χ1) is 13.1. The quantitative estimate of drug-likeness (QED) is 0.821. The number of fused-ring (bicyclic) bond motifs is 4. The fourth-order valence-corrected chi connectivity index (χ4v) is 3.70. The highest BCUT2D eigenvalue weighted by Crippen LogP contribution is 2.47. The fourth-order valence-electron chi connectivity index (χ4n) is 3.70. The fraction of sp³-hybridized carbons (Fsp3) is 0.300. The zero-order chi connectivity index (χ0) is 19.0. The zero-order valence-corrected chi connectivity index (χ0v) is 14.9. The molecule has 2 aromatic rings. The molecule has 0 radical (unpaired) electrons. The van der Waals surface area contributed by atoms with E-state index in [4.69, 9.17) is 9.57 Å². The van der Waals surface area contributed by atoms with Crippen molar-refractivity contribution in [1.82, 2.24) is 9.96 Å². The van der Waals surface area contributed by atoms with Gasteiger partial charge in [0.2, 0.25) is 0 Å². The van der Waals surface area contributed by atoms with E-state index in [1.54, 1.807) is 25.1 Å². The van der Waals surface area contributed by atoms with Crippen LogP contribution in [0, 0.1) is 0 Å². The number of phenols is 1. The molecular formula is C20H20N2O5. The van der Waals surface area contributed by atoms with Gasteiger partial charge < -0.3 is 14.7 Å². The second kappa shape index (κ2) is 6.92. The molecular weight excluding hydrogens is 348 g/mol. The maximum atomic E-state index is 12.9. The van der Waals surface area contributed by atoms with Gasteiger partial charge in [0.15, 0.2) is 6.04 Å². The molecule has 1 N–H and O–H groups in total. The monoisotopic (exact) mass is 368 g/mol. The summed E-state index contributed by atoms with van der Waals surface area (Å²) in [5.74, 6) is -0.476. The molecule has 2 amide bonds. The Balaban J connectivity index is 1.68. The molecule has 1 saturated heterocycles. The molecule has 2 aliphatic heterocycles. The molecule has 0 aromatic heterocycles. The van der Waals surface area contributed by atoms with Crippen LogP contribution in [0.4, 0.5) is 4.79 Å². The number of urea groups is 1. The topological polar surface area (TPSA) is 79.3 Å². The Labute approximate surface area is 156 Å². The van der Waals surface area contributed by atoms with E-state index in [0.717, 1.165) is 5.56 Å². The number of phenolic OH excluding ortho intramolecular Hbond substituents is 1. The molecule has 140 valence electrons. The summed E-state index contributed by atoms with van der Waals surface area (Å²) >= 11 is 0. The predicted molar refractivity (Wildman–Crippen MR) is 95.4 cm³/mol. The Kier molecular flexibility index (Phi) is 4.45. The Hall–Kier alpha value is -3.06. The number of aromatic hydroxyl groups is 1. The molecule has 2 atom stereocenters. The number of carbonyl (C=O) groups excluding carboxylic acids is 2. The molecule has 7 heteroatoms. The maximum absolute atomic E-state index is 12.9. The molecule has 0 aliphatic carbocycles. The van der Waals surface area contributed by atoms with Gasteiger partial charge in [-0.3, -0.25) is 4.84 Å². The van der Waals surface area contributed by atoms with Crippen molar-refractivity contribution in [3.8, 4) is 5.75 Å². The van der Waals surface area contributed by atoms with Crippen molar-refractivity contribution in [1.29, 1.82) is 0 Å². The number of ether oxygens (including phenoxy) is 1. The summed E-state index contributed by atoms with van der Waals surface area (Å²) < 4.78 is 5.17. The third kappa shape index (κ3) is 2.90. The minimum atomic E-state index is -0.888. The van der Waals surface area contributed by atoms with Crippen LogP contribution in [0.25, 0.3) is 0 Å². The largest absolute Gasteiger partial charge is 0.508 e. The number of esters is 1. The number of nitrogens with zero attached hydrogens (tertiary/aromatic N) is 2. The highest BCUT2D eigenvalue weighted by Gasteiger charge is 2.52. The average Bonchev–Trinajstić information content (AvgIpc) is 2.93. The van der Waals surface area contributed by atoms with E-state index in [1.807, 2.05) is 30.3 Å². The van der Waals surface area contributed by atoms with Crippen molar-refractivity contribution in [2.45, 2.75) is 25.6 Å². The number of rotatable bonds is 5. The van der Waals surface area contributed by atoms with E-state index in [9.17, 15) is 14.7 Å². The second-order valence-corrected chi connectivity index (χ2v) is 6.47. The maximum Gasteiger partial charge on any atom is 0.345 e. The highest BCUT2D eigenvalue weighted by molar-refractivity contribution is 5.88. The van der Waals surface area contributed by atoms with E-state index in [0.29, 0.717) is 11.1 Å². The normalized spacial score (nSPS) is 20.6. The minimum Gasteiger partial charge on any atom is -0.508 e. The number of hydroxylamine groups is 2. The first-order valence-corrected chi connectivity index (χ1v) is 8.87. The van der Waals surface area contributed by atoms with Crippen LogP contribution in [0.1, 0.15) is 35.7 Å². The van der Waals surface area contributed by atoms with Gasteiger partial charge >= 0.3 is 12.0 Å². The first-order valence-electron chi connectivity index (χ1n) is 8.87. The second-order valence-electron chi connectivity index (χ2n) is 6.47. The van der Waals surface area contributed by atoms with Crippen molar-refractivity contribution < 1.29 is 24.3 Å². The first kappa shape index (κ1) is 17.4. The van der Waals surface area contributed by atoms with E-state index in [-0.39, 0.29) is 25.5 Å². The Morgan fingerprint density at radius 1 is 1.19 bits per heavy atom. The van der Waals surface area contributed by atoms with Crippen LogP contribution in [0.2, 0.25) is 0 Å². The van der Waals surface area contributed by atoms with E-state index in [2.05, 4.69) is 0 Å². The van der Waals surface area contributed by atoms with Crippen molar-refractivity contribution >= 4 is 12.0 Å². The van der Waals surface area contributed by atoms with Crippen LogP contribution in [-0.4, -0.2) is 40.2 Å². The molecule has 27 heavy (non-hydrogen) atoms. The molecule has 2 aromatic carbocycles. The van der Waals surface area contributed by atoms with Crippen LogP contribution in [0.5, 0.6) is 5.75 Å². The Morgan fingerprint density at radius 3 is 2.70 bits per heavy atom. The molecule has 0 saturated carbocycles. The molecule has 2 aliphatic rings. The SMILES string of the molecule is CCOC(=O)C1c2cccc(O)c2[C@H]2CN1C(=O)N2OCc1ccccc1. The van der Waals surface area contributed by atoms with Gasteiger partial charge in [-0.25, -0.2) is 9.59 Å². The van der Waals surface area contributed by atoms with Crippen LogP contribution in [-0.2, 0) is 21.0 Å². The van der Waals surface area contributed by atoms with Gasteiger partial charge in [-0.2, -0.15) is 5.06 Å². The van der Waals surface area contributed by atoms with Gasteiger partial charge in [-0.1, -0.05) is 42.5 Å². The minimum absolute atomic E-state index is 0.0365. The lowest BCUT2D eigenvalue weighted by atomic mass is 9.90. The molecule has 2 bridgehead atoms. The van der Waals surface area contributed by atoms with Gasteiger partial charge in [0.05, 0.1) is 13.2 Å². The van der Waals surface area contributed by atoms with Gasteiger partial charge in [0.1, 0.15) is 18.4 Å². The average molecular weight is 368 g/mol. The van der Waals surface area contributed by atoms with E-state index < -0.39 is 24.1 Å². The lowest BCUT2D eigenvalue weighted by molar-refractivity contribution is -0.149. The van der Waals surface area contributed by atoms with Crippen molar-refractivity contribution in [3.05, 3.63) is 65.2 Å². The summed E-state index contributed by atoms with van der Waals surface area (Å²) in [6.07, 6.45) is 0. The van der Waals surface area contributed by atoms with Crippen LogP contribution in [0.3, 0.4) is 0 Å². The summed E-state index contributed by atoms with van der Waals surface area (Å²) in [6.45, 7) is 2.39. The number of hydrogen-bond acceptors (Lipinski definition) is 5. The number of benzene rings is 2. The molecule has 0 spiro atoms. The third-order valence-electron chi connectivity index (χ3n) is 4.87. The lowest BCUT2D eigenvalue weighted by Crippen LogP contribution is -2.39. The van der Waals surface area contributed by atoms with E-state index in [1.165, 1.54) is 9.96 Å². The van der Waals surface area contributed by atoms with E-state index >= 15 is 0 Å². The Morgan fingerprint density at radius 2 is 1.96 bits per heavy atom. The summed E-state index contributed by atoms with van der Waals surface area (Å²) in [5.41, 5.74) is 2.02. The summed E-state index contributed by atoms with van der Waals surface area (Å²) in [5, 5.41) is 11.7. The summed E-state index contributed by atoms with van der Waals surface area (Å²) in [4.78, 5) is 32.7. The molecule has 4 rings (SSSR count). The number of amides is 2. The lowest BCUT2D eigenvalue weighted by Gasteiger charge is -2.31. The van der Waals surface area contributed by atoms with Crippen LogP contribution < -0.4 is 0 Å². The van der Waals surface area contributed by atoms with Gasteiger partial charge in [0.25, 0.3) is 0 Å². The third-order valence-corrected chi connectivity index (χ3v) is 4.87. The number of carbonyl (C=O) groups is 2. The Bertz CT molecular complexity index is 870. The molecule has 7 nitrogen and oxygen atoms in total. The smallest absolute Gasteiger partial charge is 0.345 e. The predicted octanol–water partition coefficient (Wildman–Crippen LogP) is 2.92. The van der Waals surface area contributed by atoms with Crippen LogP contribution in [0.15, 0.2) is 48.5 Å². The molecule has 1 fully saturated rings. The van der Waals surface area contributed by atoms with Crippen molar-refractivity contribution in [3.63, 3.8) is 0 Å². The number of hydrogen-bond donors (Lipinski definition) is 1. The van der Waals surface area contributed by atoms with Crippen molar-refractivity contribution in [2.75, 3.05) is 13.2 Å². The summed E-state index contributed by atoms with van der Waals surface area (Å²) in [7, 11) is 0. The highest BCUT2D eigenvalue weighted by atomic mass is 16.7. The molecule has 2 heterocycles. The van der Waals surface area contributed by atoms with Gasteiger partial charge in [-0.05, 0) is 24.1 Å². The van der Waals surface area contributed by atoms with Gasteiger partial charge in [-0.15, -0.1) is 0 Å². The standard InChI is InChI=1S/C20H20N2O5/c1-2-26-19(24)18-14-9-6-10-16(23)17(14)15-11-21(18)20(25)22(15)27-12-13-7-4-3-5-8-13/h3-10,15,18,23H,2,11-12H2,1H3/t15-,18?/m1/s1. The van der Waals surface area contributed by atoms with Crippen LogP contribution >= 0.6 is 0 Å². The van der Waals surface area contributed by atoms with Gasteiger partial charge in [0, 0.05) is 5.56 Å². The summed E-state index contributed by atoms with van der Waals surface area (Å²) in [6, 6.07) is 12.7.